The first-order valence-electron chi connectivity index (χ1n) is 6.15. The maximum atomic E-state index is 11.5. The predicted molar refractivity (Wildman–Crippen MR) is 69.6 cm³/mol. The van der Waals surface area contributed by atoms with E-state index in [1.165, 1.54) is 0 Å². The highest BCUT2D eigenvalue weighted by molar-refractivity contribution is 5.70. The number of benzene rings is 1. The van der Waals surface area contributed by atoms with E-state index in [2.05, 4.69) is 6.92 Å². The number of aryl methyl sites for hydroxylation is 1. The lowest BCUT2D eigenvalue weighted by molar-refractivity contribution is -0.148. The second kappa shape index (κ2) is 6.94. The summed E-state index contributed by atoms with van der Waals surface area (Å²) < 4.78 is 5.27. The van der Waals surface area contributed by atoms with Crippen LogP contribution in [0.15, 0.2) is 24.3 Å². The van der Waals surface area contributed by atoms with Crippen molar-refractivity contribution < 1.29 is 9.53 Å². The van der Waals surface area contributed by atoms with Crippen LogP contribution >= 0.6 is 0 Å². The molecule has 0 bridgehead atoms. The van der Waals surface area contributed by atoms with Crippen LogP contribution in [0.5, 0.6) is 0 Å². The molecule has 17 heavy (non-hydrogen) atoms. The number of hydrogen-bond acceptors (Lipinski definition) is 3. The highest BCUT2D eigenvalue weighted by Gasteiger charge is 2.08. The minimum Gasteiger partial charge on any atom is -0.463 e. The van der Waals surface area contributed by atoms with Crippen molar-refractivity contribution in [1.82, 2.24) is 0 Å². The lowest BCUT2D eigenvalue weighted by Crippen LogP contribution is -2.15. The van der Waals surface area contributed by atoms with E-state index in [-0.39, 0.29) is 12.1 Å². The molecule has 1 rings (SSSR count). The quantitative estimate of drug-likeness (QED) is 0.609. The van der Waals surface area contributed by atoms with Gasteiger partial charge in [-0.15, -0.1) is 0 Å². The van der Waals surface area contributed by atoms with Gasteiger partial charge in [0.2, 0.25) is 0 Å². The van der Waals surface area contributed by atoms with Gasteiger partial charge in [-0.3, -0.25) is 4.79 Å². The van der Waals surface area contributed by atoms with E-state index < -0.39 is 0 Å². The van der Waals surface area contributed by atoms with Crippen molar-refractivity contribution in [3.63, 3.8) is 0 Å². The molecule has 0 aromatic heterocycles. The maximum absolute atomic E-state index is 11.5. The van der Waals surface area contributed by atoms with Crippen molar-refractivity contribution >= 4 is 11.7 Å². The number of esters is 1. The van der Waals surface area contributed by atoms with E-state index in [1.54, 1.807) is 0 Å². The Balaban J connectivity index is 2.33. The van der Waals surface area contributed by atoms with Crippen LogP contribution in [0.25, 0.3) is 0 Å². The molecule has 0 radical (unpaired) electrons. The molecule has 0 amide bonds. The molecule has 3 heteroatoms. The molecule has 1 aromatic carbocycles. The molecule has 0 saturated heterocycles. The van der Waals surface area contributed by atoms with E-state index in [1.807, 2.05) is 31.2 Å². The van der Waals surface area contributed by atoms with Gasteiger partial charge in [-0.2, -0.15) is 0 Å². The summed E-state index contributed by atoms with van der Waals surface area (Å²) >= 11 is 0. The molecular formula is C14H21NO2. The largest absolute Gasteiger partial charge is 0.463 e. The van der Waals surface area contributed by atoms with Gasteiger partial charge in [0.1, 0.15) is 0 Å². The molecule has 0 aliphatic rings. The van der Waals surface area contributed by atoms with Crippen LogP contribution in [0, 0.1) is 0 Å². The van der Waals surface area contributed by atoms with Gasteiger partial charge in [-0.1, -0.05) is 25.5 Å². The van der Waals surface area contributed by atoms with Crippen molar-refractivity contribution in [2.75, 3.05) is 5.73 Å². The Morgan fingerprint density at radius 2 is 2.24 bits per heavy atom. The minimum atomic E-state index is -0.131. The lowest BCUT2D eigenvalue weighted by Gasteiger charge is -2.11. The minimum absolute atomic E-state index is 0.0216. The second-order valence-electron chi connectivity index (χ2n) is 4.33. The fourth-order valence-electron chi connectivity index (χ4n) is 1.74. The number of rotatable bonds is 6. The molecule has 1 unspecified atom stereocenters. The topological polar surface area (TPSA) is 52.3 Å². The second-order valence-corrected chi connectivity index (χ2v) is 4.33. The van der Waals surface area contributed by atoms with E-state index in [0.29, 0.717) is 12.8 Å². The molecule has 1 aromatic rings. The molecule has 2 N–H and O–H groups in total. The van der Waals surface area contributed by atoms with E-state index in [4.69, 9.17) is 10.5 Å². The fraction of sp³-hybridized carbons (Fsp3) is 0.500. The Morgan fingerprint density at radius 1 is 1.47 bits per heavy atom. The fourth-order valence-corrected chi connectivity index (χ4v) is 1.74. The summed E-state index contributed by atoms with van der Waals surface area (Å²) in [4.78, 5) is 11.5. The molecule has 1 atom stereocenters. The normalized spacial score (nSPS) is 12.1. The highest BCUT2D eigenvalue weighted by Crippen LogP contribution is 2.10. The molecule has 0 saturated carbocycles. The Morgan fingerprint density at radius 3 is 2.88 bits per heavy atom. The van der Waals surface area contributed by atoms with Crippen LogP contribution in [0.1, 0.15) is 38.7 Å². The molecule has 0 aliphatic carbocycles. The molecule has 0 heterocycles. The summed E-state index contributed by atoms with van der Waals surface area (Å²) in [5.41, 5.74) is 7.47. The Hall–Kier alpha value is -1.51. The van der Waals surface area contributed by atoms with Gasteiger partial charge < -0.3 is 10.5 Å². The summed E-state index contributed by atoms with van der Waals surface area (Å²) in [7, 11) is 0. The van der Waals surface area contributed by atoms with E-state index in [9.17, 15) is 4.79 Å². The van der Waals surface area contributed by atoms with E-state index in [0.717, 1.165) is 24.1 Å². The number of carbonyl (C=O) groups excluding carboxylic acids is 1. The van der Waals surface area contributed by atoms with Crippen LogP contribution in [-0.2, 0) is 16.0 Å². The van der Waals surface area contributed by atoms with Gasteiger partial charge >= 0.3 is 5.97 Å². The standard InChI is InChI=1S/C14H21NO2/c1-3-5-11(2)17-14(16)9-8-12-6-4-7-13(15)10-12/h4,6-7,10-11H,3,5,8-9,15H2,1-2H3. The summed E-state index contributed by atoms with van der Waals surface area (Å²) in [5, 5.41) is 0. The first kappa shape index (κ1) is 13.6. The van der Waals surface area contributed by atoms with Gasteiger partial charge in [0, 0.05) is 12.1 Å². The first-order chi connectivity index (χ1) is 8.11. The molecule has 3 nitrogen and oxygen atoms in total. The maximum Gasteiger partial charge on any atom is 0.306 e. The Labute approximate surface area is 103 Å². The molecule has 0 aliphatic heterocycles. The van der Waals surface area contributed by atoms with Gasteiger partial charge in [0.05, 0.1) is 6.10 Å². The molecular weight excluding hydrogens is 214 g/mol. The molecule has 0 spiro atoms. The average molecular weight is 235 g/mol. The Kier molecular flexibility index (Phi) is 5.53. The monoisotopic (exact) mass is 235 g/mol. The van der Waals surface area contributed by atoms with Crippen LogP contribution in [0.3, 0.4) is 0 Å². The number of hydrogen-bond donors (Lipinski definition) is 1. The smallest absolute Gasteiger partial charge is 0.306 e. The first-order valence-corrected chi connectivity index (χ1v) is 6.15. The van der Waals surface area contributed by atoms with Gasteiger partial charge in [0.15, 0.2) is 0 Å². The number of carbonyl (C=O) groups is 1. The third kappa shape index (κ3) is 5.38. The van der Waals surface area contributed by atoms with Crippen molar-refractivity contribution in [3.8, 4) is 0 Å². The van der Waals surface area contributed by atoms with Crippen LogP contribution in [0.2, 0.25) is 0 Å². The lowest BCUT2D eigenvalue weighted by atomic mass is 10.1. The zero-order valence-corrected chi connectivity index (χ0v) is 10.6. The van der Waals surface area contributed by atoms with Gasteiger partial charge in [-0.25, -0.2) is 0 Å². The van der Waals surface area contributed by atoms with Crippen molar-refractivity contribution in [2.24, 2.45) is 0 Å². The zero-order chi connectivity index (χ0) is 12.7. The number of ether oxygens (including phenoxy) is 1. The summed E-state index contributed by atoms with van der Waals surface area (Å²) in [6, 6.07) is 7.60. The van der Waals surface area contributed by atoms with Crippen molar-refractivity contribution in [1.29, 1.82) is 0 Å². The summed E-state index contributed by atoms with van der Waals surface area (Å²) in [5.74, 6) is -0.131. The van der Waals surface area contributed by atoms with Gasteiger partial charge in [-0.05, 0) is 37.5 Å². The van der Waals surface area contributed by atoms with Crippen LogP contribution < -0.4 is 5.73 Å². The van der Waals surface area contributed by atoms with Crippen LogP contribution in [-0.4, -0.2) is 12.1 Å². The van der Waals surface area contributed by atoms with E-state index >= 15 is 0 Å². The third-order valence-electron chi connectivity index (χ3n) is 2.60. The predicted octanol–water partition coefficient (Wildman–Crippen LogP) is 2.93. The molecule has 0 fully saturated rings. The van der Waals surface area contributed by atoms with Crippen molar-refractivity contribution in [3.05, 3.63) is 29.8 Å². The zero-order valence-electron chi connectivity index (χ0n) is 10.6. The molecule has 94 valence electrons. The average Bonchev–Trinajstić information content (AvgIpc) is 2.27. The number of nitrogens with two attached hydrogens (primary N) is 1. The highest BCUT2D eigenvalue weighted by atomic mass is 16.5. The van der Waals surface area contributed by atoms with Crippen LogP contribution in [0.4, 0.5) is 5.69 Å². The van der Waals surface area contributed by atoms with Crippen molar-refractivity contribution in [2.45, 2.75) is 45.6 Å². The Bertz CT molecular complexity index is 363. The number of anilines is 1. The third-order valence-corrected chi connectivity index (χ3v) is 2.60. The SMILES string of the molecule is CCCC(C)OC(=O)CCc1cccc(N)c1. The number of nitrogen functional groups attached to an aromatic ring is 1. The summed E-state index contributed by atoms with van der Waals surface area (Å²) in [6.45, 7) is 4.01. The summed E-state index contributed by atoms with van der Waals surface area (Å²) in [6.07, 6.45) is 3.07. The van der Waals surface area contributed by atoms with Gasteiger partial charge in [0.25, 0.3) is 0 Å².